The molecule has 1 N–H and O–H groups in total. The molecular formula is C18H25N5OS. The molecule has 134 valence electrons. The topological polar surface area (TPSA) is 63.1 Å². The number of nitrogens with one attached hydrogen (secondary N) is 1. The molecule has 2 aromatic rings. The lowest BCUT2D eigenvalue weighted by Gasteiger charge is -2.40. The van der Waals surface area contributed by atoms with Gasteiger partial charge in [0.15, 0.2) is 0 Å². The van der Waals surface area contributed by atoms with Crippen molar-refractivity contribution in [1.82, 2.24) is 25.0 Å². The highest BCUT2D eigenvalue weighted by Crippen LogP contribution is 2.32. The van der Waals surface area contributed by atoms with E-state index in [9.17, 15) is 4.79 Å². The zero-order valence-electron chi connectivity index (χ0n) is 14.6. The fourth-order valence-electron chi connectivity index (χ4n) is 3.60. The molecule has 1 amide bonds. The second-order valence-corrected chi connectivity index (χ2v) is 8.33. The zero-order chi connectivity index (χ0) is 17.3. The monoisotopic (exact) mass is 359 g/mol. The van der Waals surface area contributed by atoms with Crippen molar-refractivity contribution in [3.05, 3.63) is 34.5 Å². The smallest absolute Gasteiger partial charge is 0.248 e. The van der Waals surface area contributed by atoms with Gasteiger partial charge < -0.3 is 5.32 Å². The highest BCUT2D eigenvalue weighted by atomic mass is 32.1. The highest BCUT2D eigenvalue weighted by Gasteiger charge is 2.44. The number of carbonyl (C=O) groups is 1. The first kappa shape index (κ1) is 16.7. The van der Waals surface area contributed by atoms with Crippen LogP contribution < -0.4 is 5.32 Å². The summed E-state index contributed by atoms with van der Waals surface area (Å²) in [6.07, 6.45) is 7.75. The molecule has 6 nitrogen and oxygen atoms in total. The van der Waals surface area contributed by atoms with Gasteiger partial charge in [-0.2, -0.15) is 5.10 Å². The number of nitrogens with zero attached hydrogens (tertiary/aromatic N) is 4. The van der Waals surface area contributed by atoms with Crippen LogP contribution in [0, 0.1) is 12.8 Å². The number of piperidine rings is 1. The van der Waals surface area contributed by atoms with Gasteiger partial charge >= 0.3 is 0 Å². The largest absolute Gasteiger partial charge is 0.354 e. The Bertz CT molecular complexity index is 714. The van der Waals surface area contributed by atoms with Crippen LogP contribution >= 0.6 is 11.3 Å². The standard InChI is InChI=1S/C18H25N5OS/c1-14-21-16(13-25-14)12-22-9-5-18(6-10-22,23-8-2-7-20-23)17(24)19-11-15-3-4-15/h2,7-8,13,15H,3-6,9-12H2,1H3,(H,19,24). The molecule has 0 atom stereocenters. The quantitative estimate of drug-likeness (QED) is 0.859. The number of rotatable bonds is 6. The minimum absolute atomic E-state index is 0.132. The van der Waals surface area contributed by atoms with Gasteiger partial charge in [-0.15, -0.1) is 11.3 Å². The van der Waals surface area contributed by atoms with E-state index in [2.05, 4.69) is 25.7 Å². The minimum atomic E-state index is -0.549. The molecule has 0 unspecified atom stereocenters. The molecule has 4 rings (SSSR count). The third-order valence-electron chi connectivity index (χ3n) is 5.35. The second-order valence-electron chi connectivity index (χ2n) is 7.27. The van der Waals surface area contributed by atoms with Crippen molar-refractivity contribution in [2.75, 3.05) is 19.6 Å². The average Bonchev–Trinajstić information content (AvgIpc) is 3.10. The maximum absolute atomic E-state index is 13.0. The summed E-state index contributed by atoms with van der Waals surface area (Å²) in [6.45, 7) is 5.48. The molecule has 0 radical (unpaired) electrons. The van der Waals surface area contributed by atoms with Gasteiger partial charge in [-0.3, -0.25) is 14.4 Å². The minimum Gasteiger partial charge on any atom is -0.354 e. The van der Waals surface area contributed by atoms with Gasteiger partial charge in [0, 0.05) is 44.0 Å². The summed E-state index contributed by atoms with van der Waals surface area (Å²) in [4.78, 5) is 20.0. The summed E-state index contributed by atoms with van der Waals surface area (Å²) in [5, 5.41) is 10.8. The van der Waals surface area contributed by atoms with E-state index in [0.29, 0.717) is 5.92 Å². The Hall–Kier alpha value is -1.73. The molecule has 1 saturated carbocycles. The SMILES string of the molecule is Cc1nc(CN2CCC(C(=O)NCC3CC3)(n3cccn3)CC2)cs1. The lowest BCUT2D eigenvalue weighted by atomic mass is 9.86. The van der Waals surface area contributed by atoms with Gasteiger partial charge in [-0.05, 0) is 44.6 Å². The van der Waals surface area contributed by atoms with E-state index >= 15 is 0 Å². The highest BCUT2D eigenvalue weighted by molar-refractivity contribution is 7.09. The van der Waals surface area contributed by atoms with Crippen LogP contribution in [0.1, 0.15) is 36.4 Å². The third-order valence-corrected chi connectivity index (χ3v) is 6.17. The number of aromatic nitrogens is 3. The summed E-state index contributed by atoms with van der Waals surface area (Å²) < 4.78 is 1.87. The van der Waals surface area contributed by atoms with Crippen molar-refractivity contribution in [2.45, 2.75) is 44.7 Å². The Kier molecular flexibility index (Phi) is 4.60. The van der Waals surface area contributed by atoms with Gasteiger partial charge in [0.25, 0.3) is 0 Å². The summed E-state index contributed by atoms with van der Waals surface area (Å²) in [5.41, 5.74) is 0.583. The fraction of sp³-hybridized carbons (Fsp3) is 0.611. The van der Waals surface area contributed by atoms with Crippen LogP contribution in [0.3, 0.4) is 0 Å². The first-order chi connectivity index (χ1) is 12.2. The van der Waals surface area contributed by atoms with E-state index in [1.54, 1.807) is 17.5 Å². The number of carbonyl (C=O) groups excluding carboxylic acids is 1. The van der Waals surface area contributed by atoms with Gasteiger partial charge in [0.1, 0.15) is 5.54 Å². The van der Waals surface area contributed by atoms with E-state index in [1.165, 1.54) is 12.8 Å². The number of amides is 1. The van der Waals surface area contributed by atoms with Crippen molar-refractivity contribution >= 4 is 17.2 Å². The van der Waals surface area contributed by atoms with Crippen molar-refractivity contribution in [1.29, 1.82) is 0 Å². The third kappa shape index (κ3) is 3.62. The summed E-state index contributed by atoms with van der Waals surface area (Å²) in [5.74, 6) is 0.818. The summed E-state index contributed by atoms with van der Waals surface area (Å²) >= 11 is 1.69. The Morgan fingerprint density at radius 2 is 2.20 bits per heavy atom. The van der Waals surface area contributed by atoms with Crippen LogP contribution in [-0.2, 0) is 16.9 Å². The number of aryl methyl sites for hydroxylation is 1. The molecule has 0 spiro atoms. The molecule has 1 saturated heterocycles. The Morgan fingerprint density at radius 3 is 2.80 bits per heavy atom. The zero-order valence-corrected chi connectivity index (χ0v) is 15.5. The van der Waals surface area contributed by atoms with Crippen LogP contribution in [-0.4, -0.2) is 45.2 Å². The molecule has 1 aliphatic carbocycles. The normalized spacial score (nSPS) is 20.5. The number of hydrogen-bond acceptors (Lipinski definition) is 5. The number of hydrogen-bond donors (Lipinski definition) is 1. The predicted octanol–water partition coefficient (Wildman–Crippen LogP) is 2.17. The molecule has 7 heteroatoms. The first-order valence-electron chi connectivity index (χ1n) is 9.07. The predicted molar refractivity (Wildman–Crippen MR) is 97.3 cm³/mol. The molecule has 0 aromatic carbocycles. The van der Waals surface area contributed by atoms with Crippen LogP contribution in [0.4, 0.5) is 0 Å². The van der Waals surface area contributed by atoms with Crippen molar-refractivity contribution in [3.8, 4) is 0 Å². The van der Waals surface area contributed by atoms with Crippen molar-refractivity contribution < 1.29 is 4.79 Å². The molecule has 2 aromatic heterocycles. The van der Waals surface area contributed by atoms with E-state index in [1.807, 2.05) is 23.9 Å². The Morgan fingerprint density at radius 1 is 1.40 bits per heavy atom. The molecule has 1 aliphatic heterocycles. The Labute approximate surface area is 152 Å². The lowest BCUT2D eigenvalue weighted by molar-refractivity contribution is -0.133. The molecular weight excluding hydrogens is 334 g/mol. The molecule has 2 aliphatic rings. The van der Waals surface area contributed by atoms with E-state index in [-0.39, 0.29) is 5.91 Å². The lowest BCUT2D eigenvalue weighted by Crippen LogP contribution is -2.55. The van der Waals surface area contributed by atoms with E-state index in [4.69, 9.17) is 0 Å². The van der Waals surface area contributed by atoms with Crippen LogP contribution in [0.15, 0.2) is 23.8 Å². The Balaban J connectivity index is 1.44. The molecule has 3 heterocycles. The maximum atomic E-state index is 13.0. The molecule has 0 bridgehead atoms. The summed E-state index contributed by atoms with van der Waals surface area (Å²) in [6, 6.07) is 1.90. The van der Waals surface area contributed by atoms with Crippen LogP contribution in [0.25, 0.3) is 0 Å². The van der Waals surface area contributed by atoms with Crippen molar-refractivity contribution in [3.63, 3.8) is 0 Å². The van der Waals surface area contributed by atoms with E-state index < -0.39 is 5.54 Å². The molecule has 2 fully saturated rings. The first-order valence-corrected chi connectivity index (χ1v) is 9.95. The van der Waals surface area contributed by atoms with Crippen LogP contribution in [0.2, 0.25) is 0 Å². The molecule has 25 heavy (non-hydrogen) atoms. The van der Waals surface area contributed by atoms with Gasteiger partial charge in [-0.1, -0.05) is 0 Å². The van der Waals surface area contributed by atoms with Gasteiger partial charge in [0.05, 0.1) is 10.7 Å². The van der Waals surface area contributed by atoms with Crippen molar-refractivity contribution in [2.24, 2.45) is 5.92 Å². The number of thiazole rings is 1. The van der Waals surface area contributed by atoms with E-state index in [0.717, 1.165) is 49.7 Å². The van der Waals surface area contributed by atoms with Crippen LogP contribution in [0.5, 0.6) is 0 Å². The number of likely N-dealkylation sites (tertiary alicyclic amines) is 1. The average molecular weight is 359 g/mol. The second kappa shape index (κ2) is 6.88. The van der Waals surface area contributed by atoms with Gasteiger partial charge in [-0.25, -0.2) is 4.98 Å². The summed E-state index contributed by atoms with van der Waals surface area (Å²) in [7, 11) is 0. The maximum Gasteiger partial charge on any atom is 0.248 e. The van der Waals surface area contributed by atoms with Gasteiger partial charge in [0.2, 0.25) is 5.91 Å². The fourth-order valence-corrected chi connectivity index (χ4v) is 4.20.